The van der Waals surface area contributed by atoms with E-state index in [1.807, 2.05) is 37.4 Å². The van der Waals surface area contributed by atoms with Crippen molar-refractivity contribution in [3.05, 3.63) is 48.0 Å². The monoisotopic (exact) mass is 266 g/mol. The van der Waals surface area contributed by atoms with Crippen LogP contribution in [0.5, 0.6) is 0 Å². The lowest BCUT2D eigenvalue weighted by Gasteiger charge is -2.02. The van der Waals surface area contributed by atoms with Crippen LogP contribution >= 0.6 is 0 Å². The Morgan fingerprint density at radius 3 is 2.45 bits per heavy atom. The number of rotatable bonds is 3. The van der Waals surface area contributed by atoms with Crippen molar-refractivity contribution in [3.8, 4) is 11.5 Å². The Morgan fingerprint density at radius 2 is 1.80 bits per heavy atom. The molecule has 0 aliphatic heterocycles. The minimum Gasteiger partial charge on any atom is -0.436 e. The molecule has 0 amide bonds. The van der Waals surface area contributed by atoms with Crippen molar-refractivity contribution in [3.63, 3.8) is 0 Å². The average Bonchev–Trinajstić information content (AvgIpc) is 2.90. The van der Waals surface area contributed by atoms with Crippen LogP contribution in [-0.4, -0.2) is 12.0 Å². The van der Waals surface area contributed by atoms with Crippen LogP contribution in [0.25, 0.3) is 22.6 Å². The third-order valence-electron chi connectivity index (χ3n) is 3.50. The zero-order valence-electron chi connectivity index (χ0n) is 12.0. The first-order chi connectivity index (χ1) is 9.67. The van der Waals surface area contributed by atoms with Gasteiger partial charge in [-0.05, 0) is 47.9 Å². The highest BCUT2D eigenvalue weighted by Gasteiger charge is 2.09. The fourth-order valence-electron chi connectivity index (χ4n) is 2.21. The first-order valence-corrected chi connectivity index (χ1v) is 6.86. The molecule has 0 aliphatic carbocycles. The van der Waals surface area contributed by atoms with E-state index >= 15 is 0 Å². The van der Waals surface area contributed by atoms with Gasteiger partial charge in [0, 0.05) is 18.3 Å². The molecule has 1 heterocycles. The van der Waals surface area contributed by atoms with Gasteiger partial charge >= 0.3 is 0 Å². The Labute approximate surface area is 118 Å². The molecule has 1 aromatic heterocycles. The van der Waals surface area contributed by atoms with E-state index in [1.165, 1.54) is 5.56 Å². The zero-order valence-corrected chi connectivity index (χ0v) is 12.0. The fraction of sp³-hybridized carbons (Fsp3) is 0.235. The minimum atomic E-state index is 0.495. The molecule has 20 heavy (non-hydrogen) atoms. The van der Waals surface area contributed by atoms with E-state index in [0.29, 0.717) is 11.8 Å². The third kappa shape index (κ3) is 2.27. The van der Waals surface area contributed by atoms with Gasteiger partial charge in [0.2, 0.25) is 5.89 Å². The van der Waals surface area contributed by atoms with Gasteiger partial charge in [-0.2, -0.15) is 0 Å². The molecule has 2 aromatic carbocycles. The van der Waals surface area contributed by atoms with Crippen LogP contribution < -0.4 is 5.32 Å². The van der Waals surface area contributed by atoms with E-state index in [-0.39, 0.29) is 0 Å². The molecule has 0 spiro atoms. The number of aromatic nitrogens is 1. The van der Waals surface area contributed by atoms with Gasteiger partial charge in [0.1, 0.15) is 5.52 Å². The van der Waals surface area contributed by atoms with E-state index in [4.69, 9.17) is 4.42 Å². The molecule has 0 atom stereocenters. The lowest BCUT2D eigenvalue weighted by Crippen LogP contribution is -1.87. The van der Waals surface area contributed by atoms with Crippen LogP contribution in [0.4, 0.5) is 5.69 Å². The van der Waals surface area contributed by atoms with E-state index in [1.54, 1.807) is 0 Å². The van der Waals surface area contributed by atoms with Gasteiger partial charge in [-0.1, -0.05) is 19.9 Å². The van der Waals surface area contributed by atoms with E-state index in [2.05, 4.69) is 36.3 Å². The number of hydrogen-bond donors (Lipinski definition) is 1. The van der Waals surface area contributed by atoms with Crippen LogP contribution in [0.1, 0.15) is 25.3 Å². The SMILES string of the molecule is CNc1ccc(-c2nc3cc(C(C)C)ccc3o2)cc1. The summed E-state index contributed by atoms with van der Waals surface area (Å²) < 4.78 is 5.83. The molecule has 3 nitrogen and oxygen atoms in total. The van der Waals surface area contributed by atoms with Crippen LogP contribution in [0.3, 0.4) is 0 Å². The van der Waals surface area contributed by atoms with Gasteiger partial charge in [-0.25, -0.2) is 4.98 Å². The second kappa shape index (κ2) is 5.00. The molecule has 102 valence electrons. The molecule has 0 radical (unpaired) electrons. The van der Waals surface area contributed by atoms with Crippen LogP contribution in [0.15, 0.2) is 46.9 Å². The number of oxazole rings is 1. The molecular formula is C17H18N2O. The third-order valence-corrected chi connectivity index (χ3v) is 3.50. The van der Waals surface area contributed by atoms with Crippen molar-refractivity contribution in [1.82, 2.24) is 4.98 Å². The van der Waals surface area contributed by atoms with Gasteiger partial charge in [0.25, 0.3) is 0 Å². The van der Waals surface area contributed by atoms with Gasteiger partial charge in [0.15, 0.2) is 5.58 Å². The van der Waals surface area contributed by atoms with Gasteiger partial charge in [-0.15, -0.1) is 0 Å². The predicted molar refractivity (Wildman–Crippen MR) is 83.1 cm³/mol. The van der Waals surface area contributed by atoms with Crippen molar-refractivity contribution < 1.29 is 4.42 Å². The average molecular weight is 266 g/mol. The summed E-state index contributed by atoms with van der Waals surface area (Å²) in [6.45, 7) is 4.36. The molecule has 3 heteroatoms. The highest BCUT2D eigenvalue weighted by atomic mass is 16.3. The number of nitrogens with zero attached hydrogens (tertiary/aromatic N) is 1. The lowest BCUT2D eigenvalue weighted by molar-refractivity contribution is 0.619. The largest absolute Gasteiger partial charge is 0.436 e. The number of benzene rings is 2. The van der Waals surface area contributed by atoms with Crippen molar-refractivity contribution >= 4 is 16.8 Å². The number of hydrogen-bond acceptors (Lipinski definition) is 3. The zero-order chi connectivity index (χ0) is 14.1. The van der Waals surface area contributed by atoms with Crippen molar-refractivity contribution in [2.24, 2.45) is 0 Å². The molecule has 0 fully saturated rings. The molecule has 0 bridgehead atoms. The summed E-state index contributed by atoms with van der Waals surface area (Å²) in [5.41, 5.74) is 5.10. The highest BCUT2D eigenvalue weighted by molar-refractivity contribution is 5.77. The van der Waals surface area contributed by atoms with Crippen LogP contribution in [0, 0.1) is 0 Å². The normalized spacial score (nSPS) is 11.2. The molecule has 0 saturated heterocycles. The molecule has 0 unspecified atom stereocenters. The van der Waals surface area contributed by atoms with Crippen molar-refractivity contribution in [2.45, 2.75) is 19.8 Å². The smallest absolute Gasteiger partial charge is 0.227 e. The molecule has 3 rings (SSSR count). The van der Waals surface area contributed by atoms with E-state index in [0.717, 1.165) is 22.4 Å². The first kappa shape index (κ1) is 12.7. The highest BCUT2D eigenvalue weighted by Crippen LogP contribution is 2.27. The second-order valence-corrected chi connectivity index (χ2v) is 5.23. The minimum absolute atomic E-state index is 0.495. The molecular weight excluding hydrogens is 248 g/mol. The topological polar surface area (TPSA) is 38.1 Å². The van der Waals surface area contributed by atoms with Gasteiger partial charge in [0.05, 0.1) is 0 Å². The van der Waals surface area contributed by atoms with Crippen LogP contribution in [0.2, 0.25) is 0 Å². The lowest BCUT2D eigenvalue weighted by atomic mass is 10.0. The fourth-order valence-corrected chi connectivity index (χ4v) is 2.21. The summed E-state index contributed by atoms with van der Waals surface area (Å²) in [7, 11) is 1.90. The van der Waals surface area contributed by atoms with Gasteiger partial charge in [-0.3, -0.25) is 0 Å². The van der Waals surface area contributed by atoms with E-state index < -0.39 is 0 Å². The summed E-state index contributed by atoms with van der Waals surface area (Å²) in [5.74, 6) is 1.16. The summed E-state index contributed by atoms with van der Waals surface area (Å²) in [6, 6.07) is 14.3. The summed E-state index contributed by atoms with van der Waals surface area (Å²) >= 11 is 0. The number of anilines is 1. The maximum atomic E-state index is 5.83. The molecule has 1 N–H and O–H groups in total. The second-order valence-electron chi connectivity index (χ2n) is 5.23. The Bertz CT molecular complexity index is 726. The Balaban J connectivity index is 2.03. The number of fused-ring (bicyclic) bond motifs is 1. The standard InChI is InChI=1S/C17H18N2O/c1-11(2)13-6-9-16-15(10-13)19-17(20-16)12-4-7-14(18-3)8-5-12/h4-11,18H,1-3H3. The Kier molecular flexibility index (Phi) is 3.18. The molecule has 0 saturated carbocycles. The van der Waals surface area contributed by atoms with Crippen molar-refractivity contribution in [2.75, 3.05) is 12.4 Å². The predicted octanol–water partition coefficient (Wildman–Crippen LogP) is 4.66. The van der Waals surface area contributed by atoms with Gasteiger partial charge < -0.3 is 9.73 Å². The summed E-state index contributed by atoms with van der Waals surface area (Å²) in [5, 5.41) is 3.10. The maximum Gasteiger partial charge on any atom is 0.227 e. The first-order valence-electron chi connectivity index (χ1n) is 6.86. The quantitative estimate of drug-likeness (QED) is 0.749. The Morgan fingerprint density at radius 1 is 1.05 bits per heavy atom. The van der Waals surface area contributed by atoms with Crippen LogP contribution in [-0.2, 0) is 0 Å². The maximum absolute atomic E-state index is 5.83. The summed E-state index contributed by atoms with van der Waals surface area (Å²) in [6.07, 6.45) is 0. The molecule has 3 aromatic rings. The number of nitrogens with one attached hydrogen (secondary N) is 1. The van der Waals surface area contributed by atoms with E-state index in [9.17, 15) is 0 Å². The van der Waals surface area contributed by atoms with Crippen molar-refractivity contribution in [1.29, 1.82) is 0 Å². The molecule has 0 aliphatic rings. The summed E-state index contributed by atoms with van der Waals surface area (Å²) in [4.78, 5) is 4.59. The Hall–Kier alpha value is -2.29.